The van der Waals surface area contributed by atoms with Gasteiger partial charge < -0.3 is 15.5 Å². The molecule has 0 aliphatic carbocycles. The molecule has 1 aromatic rings. The van der Waals surface area contributed by atoms with Crippen molar-refractivity contribution in [1.82, 2.24) is 4.90 Å². The Balaban J connectivity index is 2.73. The van der Waals surface area contributed by atoms with Crippen LogP contribution in [0, 0.1) is 10.1 Å². The van der Waals surface area contributed by atoms with E-state index in [1.807, 2.05) is 26.0 Å². The molecule has 1 aromatic carbocycles. The summed E-state index contributed by atoms with van der Waals surface area (Å²) in [6.45, 7) is 1.81. The van der Waals surface area contributed by atoms with E-state index in [2.05, 4.69) is 4.90 Å². The molecular weight excluding hydrogens is 232 g/mol. The number of hydrogen-bond donors (Lipinski definition) is 1. The number of rotatable bonds is 6. The number of nitro benzene ring substituents is 1. The van der Waals surface area contributed by atoms with E-state index in [4.69, 9.17) is 5.73 Å². The number of benzene rings is 1. The van der Waals surface area contributed by atoms with Gasteiger partial charge in [-0.25, -0.2) is 0 Å². The van der Waals surface area contributed by atoms with Gasteiger partial charge in [-0.3, -0.25) is 10.1 Å². The van der Waals surface area contributed by atoms with Crippen molar-refractivity contribution < 1.29 is 4.92 Å². The average Bonchev–Trinajstić information content (AvgIpc) is 2.27. The maximum Gasteiger partial charge on any atom is 0.273 e. The summed E-state index contributed by atoms with van der Waals surface area (Å²) in [4.78, 5) is 14.4. The van der Waals surface area contributed by atoms with E-state index < -0.39 is 4.92 Å². The number of nitrogen functional groups attached to an aromatic ring is 1. The second kappa shape index (κ2) is 6.20. The van der Waals surface area contributed by atoms with Crippen LogP contribution in [0.25, 0.3) is 0 Å². The highest BCUT2D eigenvalue weighted by atomic mass is 16.6. The van der Waals surface area contributed by atoms with E-state index in [1.54, 1.807) is 12.1 Å². The summed E-state index contributed by atoms with van der Waals surface area (Å²) in [6.07, 6.45) is 0.992. The Morgan fingerprint density at radius 1 is 1.22 bits per heavy atom. The third-order valence-electron chi connectivity index (χ3n) is 2.68. The quantitative estimate of drug-likeness (QED) is 0.472. The number of nitro groups is 1. The van der Waals surface area contributed by atoms with Crippen LogP contribution in [-0.4, -0.2) is 44.1 Å². The second-order valence-electron chi connectivity index (χ2n) is 4.62. The van der Waals surface area contributed by atoms with E-state index >= 15 is 0 Å². The molecule has 0 aromatic heterocycles. The Labute approximate surface area is 107 Å². The molecule has 0 saturated heterocycles. The number of anilines is 2. The fourth-order valence-electron chi connectivity index (χ4n) is 1.70. The van der Waals surface area contributed by atoms with Crippen LogP contribution in [-0.2, 0) is 0 Å². The molecule has 0 spiro atoms. The first-order valence-corrected chi connectivity index (χ1v) is 5.81. The summed E-state index contributed by atoms with van der Waals surface area (Å²) in [5.41, 5.74) is 6.90. The van der Waals surface area contributed by atoms with Gasteiger partial charge in [0.05, 0.1) is 4.92 Å². The molecule has 1 rings (SSSR count). The normalized spacial score (nSPS) is 10.7. The van der Waals surface area contributed by atoms with Gasteiger partial charge in [0.1, 0.15) is 0 Å². The van der Waals surface area contributed by atoms with E-state index in [0.717, 1.165) is 25.2 Å². The van der Waals surface area contributed by atoms with Gasteiger partial charge in [-0.1, -0.05) is 0 Å². The number of nitrogens with zero attached hydrogens (tertiary/aromatic N) is 3. The summed E-state index contributed by atoms with van der Waals surface area (Å²) in [5, 5.41) is 10.8. The molecule has 0 atom stereocenters. The Hall–Kier alpha value is -1.82. The first-order valence-electron chi connectivity index (χ1n) is 5.81. The summed E-state index contributed by atoms with van der Waals surface area (Å²) in [7, 11) is 5.95. The van der Waals surface area contributed by atoms with E-state index in [-0.39, 0.29) is 5.69 Å². The molecule has 0 fully saturated rings. The van der Waals surface area contributed by atoms with Crippen LogP contribution in [0.4, 0.5) is 17.1 Å². The topological polar surface area (TPSA) is 75.6 Å². The molecule has 6 nitrogen and oxygen atoms in total. The Morgan fingerprint density at radius 3 is 2.44 bits per heavy atom. The lowest BCUT2D eigenvalue weighted by atomic mass is 10.2. The fraction of sp³-hybridized carbons (Fsp3) is 0.500. The molecule has 6 heteroatoms. The Kier molecular flexibility index (Phi) is 4.91. The maximum absolute atomic E-state index is 10.8. The molecule has 0 bridgehead atoms. The lowest BCUT2D eigenvalue weighted by Crippen LogP contribution is -2.23. The van der Waals surface area contributed by atoms with Gasteiger partial charge in [-0.2, -0.15) is 0 Å². The van der Waals surface area contributed by atoms with Gasteiger partial charge in [0.25, 0.3) is 5.69 Å². The lowest BCUT2D eigenvalue weighted by molar-refractivity contribution is -0.384. The Morgan fingerprint density at radius 2 is 1.89 bits per heavy atom. The van der Waals surface area contributed by atoms with Gasteiger partial charge in [0.2, 0.25) is 0 Å². The number of hydrogen-bond acceptors (Lipinski definition) is 5. The summed E-state index contributed by atoms with van der Waals surface area (Å²) < 4.78 is 0. The van der Waals surface area contributed by atoms with Crippen molar-refractivity contribution in [3.8, 4) is 0 Å². The maximum atomic E-state index is 10.8. The highest BCUT2D eigenvalue weighted by Gasteiger charge is 2.10. The molecule has 18 heavy (non-hydrogen) atoms. The van der Waals surface area contributed by atoms with Crippen LogP contribution < -0.4 is 10.6 Å². The Bertz CT molecular complexity index is 421. The molecule has 0 heterocycles. The van der Waals surface area contributed by atoms with Crippen molar-refractivity contribution in [2.75, 3.05) is 44.9 Å². The number of non-ortho nitro benzene ring substituents is 1. The highest BCUT2D eigenvalue weighted by molar-refractivity contribution is 5.62. The van der Waals surface area contributed by atoms with E-state index in [1.165, 1.54) is 6.07 Å². The number of nitrogens with two attached hydrogens (primary N) is 1. The summed E-state index contributed by atoms with van der Waals surface area (Å²) in [6, 6.07) is 4.67. The lowest BCUT2D eigenvalue weighted by Gasteiger charge is -2.20. The molecule has 0 unspecified atom stereocenters. The van der Waals surface area contributed by atoms with Crippen LogP contribution in [0.1, 0.15) is 6.42 Å². The van der Waals surface area contributed by atoms with E-state index in [0.29, 0.717) is 5.69 Å². The average molecular weight is 252 g/mol. The van der Waals surface area contributed by atoms with Gasteiger partial charge in [0.15, 0.2) is 0 Å². The zero-order valence-electron chi connectivity index (χ0n) is 11.1. The van der Waals surface area contributed by atoms with Gasteiger partial charge in [-0.15, -0.1) is 0 Å². The van der Waals surface area contributed by atoms with Crippen molar-refractivity contribution in [3.63, 3.8) is 0 Å². The summed E-state index contributed by atoms with van der Waals surface area (Å²) in [5.74, 6) is 0. The molecule has 2 N–H and O–H groups in total. The largest absolute Gasteiger partial charge is 0.398 e. The fourth-order valence-corrected chi connectivity index (χ4v) is 1.70. The van der Waals surface area contributed by atoms with Gasteiger partial charge >= 0.3 is 0 Å². The molecule has 0 amide bonds. The zero-order valence-corrected chi connectivity index (χ0v) is 11.1. The standard InChI is InChI=1S/C12H20N4O2/c1-14(2)5-4-6-15(3)11-7-10(13)8-12(9-11)16(17)18/h7-9H,4-6,13H2,1-3H3. The predicted molar refractivity (Wildman–Crippen MR) is 73.9 cm³/mol. The molecular formula is C12H20N4O2. The third-order valence-corrected chi connectivity index (χ3v) is 2.68. The molecule has 0 radical (unpaired) electrons. The molecule has 0 aliphatic heterocycles. The molecule has 100 valence electrons. The monoisotopic (exact) mass is 252 g/mol. The van der Waals surface area contributed by atoms with Crippen molar-refractivity contribution in [2.24, 2.45) is 0 Å². The first-order chi connectivity index (χ1) is 8.40. The van der Waals surface area contributed by atoms with Crippen molar-refractivity contribution >= 4 is 17.1 Å². The van der Waals surface area contributed by atoms with Crippen molar-refractivity contribution in [2.45, 2.75) is 6.42 Å². The highest BCUT2D eigenvalue weighted by Crippen LogP contribution is 2.24. The van der Waals surface area contributed by atoms with Crippen molar-refractivity contribution in [1.29, 1.82) is 0 Å². The minimum absolute atomic E-state index is 0.0319. The molecule has 0 saturated carbocycles. The molecule has 0 aliphatic rings. The van der Waals surface area contributed by atoms with Crippen molar-refractivity contribution in [3.05, 3.63) is 28.3 Å². The van der Waals surface area contributed by atoms with Crippen LogP contribution >= 0.6 is 0 Å². The van der Waals surface area contributed by atoms with E-state index in [9.17, 15) is 10.1 Å². The third kappa shape index (κ3) is 4.21. The smallest absolute Gasteiger partial charge is 0.273 e. The van der Waals surface area contributed by atoms with Crippen LogP contribution in [0.15, 0.2) is 18.2 Å². The minimum atomic E-state index is -0.423. The predicted octanol–water partition coefficient (Wildman–Crippen LogP) is 1.56. The summed E-state index contributed by atoms with van der Waals surface area (Å²) >= 11 is 0. The van der Waals surface area contributed by atoms with Crippen LogP contribution in [0.3, 0.4) is 0 Å². The first kappa shape index (κ1) is 14.2. The van der Waals surface area contributed by atoms with Crippen LogP contribution in [0.5, 0.6) is 0 Å². The second-order valence-corrected chi connectivity index (χ2v) is 4.62. The minimum Gasteiger partial charge on any atom is -0.398 e. The van der Waals surface area contributed by atoms with Gasteiger partial charge in [0, 0.05) is 37.1 Å². The van der Waals surface area contributed by atoms with Crippen LogP contribution in [0.2, 0.25) is 0 Å². The SMILES string of the molecule is CN(C)CCCN(C)c1cc(N)cc([N+](=O)[O-])c1. The zero-order chi connectivity index (χ0) is 13.7. The van der Waals surface area contributed by atoms with Gasteiger partial charge in [-0.05, 0) is 33.1 Å².